The first kappa shape index (κ1) is 13.0. The molecule has 3 rings (SSSR count). The van der Waals surface area contributed by atoms with E-state index in [0.29, 0.717) is 44.1 Å². The van der Waals surface area contributed by atoms with Crippen LogP contribution in [0.1, 0.15) is 54.3 Å². The van der Waals surface area contributed by atoms with Crippen molar-refractivity contribution in [1.82, 2.24) is 14.9 Å². The predicted molar refractivity (Wildman–Crippen MR) is 71.6 cm³/mol. The van der Waals surface area contributed by atoms with Gasteiger partial charge in [0.25, 0.3) is 11.5 Å². The Morgan fingerprint density at radius 3 is 2.80 bits per heavy atom. The van der Waals surface area contributed by atoms with Crippen LogP contribution in [0.5, 0.6) is 0 Å². The Morgan fingerprint density at radius 1 is 1.25 bits per heavy atom. The fraction of sp³-hybridized carbons (Fsp3) is 0.571. The minimum Gasteiger partial charge on any atom is -0.337 e. The summed E-state index contributed by atoms with van der Waals surface area (Å²) in [6.07, 6.45) is 3.63. The van der Waals surface area contributed by atoms with Gasteiger partial charge in [-0.2, -0.15) is 0 Å². The monoisotopic (exact) mass is 275 g/mol. The Labute approximate surface area is 116 Å². The highest BCUT2D eigenvalue weighted by atomic mass is 16.2. The molecule has 0 atom stereocenters. The summed E-state index contributed by atoms with van der Waals surface area (Å²) in [5.41, 5.74) is -0.0823. The van der Waals surface area contributed by atoms with Crippen LogP contribution in [0.2, 0.25) is 0 Å². The molecular formula is C14H17N3O3. The highest BCUT2D eigenvalue weighted by Crippen LogP contribution is 2.37. The van der Waals surface area contributed by atoms with E-state index in [1.807, 2.05) is 0 Å². The van der Waals surface area contributed by atoms with Crippen LogP contribution >= 0.6 is 0 Å². The van der Waals surface area contributed by atoms with E-state index in [0.717, 1.165) is 12.8 Å². The molecule has 1 aromatic heterocycles. The molecule has 0 aromatic carbocycles. The van der Waals surface area contributed by atoms with Crippen molar-refractivity contribution >= 4 is 11.7 Å². The van der Waals surface area contributed by atoms with Gasteiger partial charge in [0.05, 0.1) is 0 Å². The minimum atomic E-state index is -0.281. The number of carbonyl (C=O) groups is 2. The third kappa shape index (κ3) is 2.79. The normalized spacial score (nSPS) is 19.8. The SMILES string of the molecule is O=C1CCCN(C(=O)c2cc(=O)[nH]c(C3CC3)n2)CC1. The van der Waals surface area contributed by atoms with Gasteiger partial charge < -0.3 is 9.88 Å². The lowest BCUT2D eigenvalue weighted by Gasteiger charge is -2.19. The molecule has 6 heteroatoms. The average molecular weight is 275 g/mol. The molecular weight excluding hydrogens is 258 g/mol. The van der Waals surface area contributed by atoms with E-state index < -0.39 is 0 Å². The van der Waals surface area contributed by atoms with Gasteiger partial charge in [0.1, 0.15) is 17.3 Å². The number of rotatable bonds is 2. The maximum absolute atomic E-state index is 12.4. The Kier molecular flexibility index (Phi) is 3.38. The summed E-state index contributed by atoms with van der Waals surface area (Å²) in [5, 5.41) is 0. The first-order valence-corrected chi connectivity index (χ1v) is 7.06. The minimum absolute atomic E-state index is 0.192. The summed E-state index contributed by atoms with van der Waals surface area (Å²) in [6, 6.07) is 1.25. The molecule has 1 aliphatic carbocycles. The molecule has 1 aromatic rings. The number of carbonyl (C=O) groups excluding carboxylic acids is 2. The first-order valence-electron chi connectivity index (χ1n) is 7.06. The van der Waals surface area contributed by atoms with Crippen molar-refractivity contribution in [3.63, 3.8) is 0 Å². The molecule has 1 N–H and O–H groups in total. The van der Waals surface area contributed by atoms with E-state index in [9.17, 15) is 14.4 Å². The average Bonchev–Trinajstić information content (AvgIpc) is 3.24. The summed E-state index contributed by atoms with van der Waals surface area (Å²) in [7, 11) is 0. The van der Waals surface area contributed by atoms with Crippen molar-refractivity contribution in [3.05, 3.63) is 27.9 Å². The molecule has 1 saturated carbocycles. The second kappa shape index (κ2) is 5.19. The smallest absolute Gasteiger partial charge is 0.272 e. The third-order valence-corrected chi connectivity index (χ3v) is 3.77. The van der Waals surface area contributed by atoms with Crippen LogP contribution in [0.25, 0.3) is 0 Å². The van der Waals surface area contributed by atoms with Crippen LogP contribution in [0, 0.1) is 0 Å². The zero-order valence-corrected chi connectivity index (χ0v) is 11.2. The van der Waals surface area contributed by atoms with Gasteiger partial charge in [0, 0.05) is 37.9 Å². The Balaban J connectivity index is 1.82. The fourth-order valence-electron chi connectivity index (χ4n) is 2.46. The van der Waals surface area contributed by atoms with E-state index in [2.05, 4.69) is 9.97 Å². The Bertz CT molecular complexity index is 604. The molecule has 1 aliphatic heterocycles. The molecule has 0 radical (unpaired) electrons. The standard InChI is InChI=1S/C14H17N3O3/c18-10-2-1-6-17(7-5-10)14(20)11-8-12(19)16-13(15-11)9-3-4-9/h8-9H,1-7H2,(H,15,16,19). The summed E-state index contributed by atoms with van der Waals surface area (Å²) in [6.45, 7) is 0.975. The molecule has 1 amide bonds. The maximum Gasteiger partial charge on any atom is 0.272 e. The van der Waals surface area contributed by atoms with E-state index in [1.54, 1.807) is 4.90 Å². The van der Waals surface area contributed by atoms with Gasteiger partial charge in [-0.1, -0.05) is 0 Å². The number of H-pyrrole nitrogens is 1. The molecule has 20 heavy (non-hydrogen) atoms. The van der Waals surface area contributed by atoms with Crippen LogP contribution in [-0.4, -0.2) is 39.6 Å². The van der Waals surface area contributed by atoms with Gasteiger partial charge in [-0.25, -0.2) is 4.98 Å². The van der Waals surface area contributed by atoms with Gasteiger partial charge in [-0.15, -0.1) is 0 Å². The van der Waals surface area contributed by atoms with Gasteiger partial charge in [0.2, 0.25) is 0 Å². The first-order chi connectivity index (χ1) is 9.63. The molecule has 2 heterocycles. The summed E-state index contributed by atoms with van der Waals surface area (Å²) >= 11 is 0. The quantitative estimate of drug-likeness (QED) is 0.867. The summed E-state index contributed by atoms with van der Waals surface area (Å²) < 4.78 is 0. The molecule has 0 bridgehead atoms. The largest absolute Gasteiger partial charge is 0.337 e. The van der Waals surface area contributed by atoms with Crippen LogP contribution in [0.4, 0.5) is 0 Å². The van der Waals surface area contributed by atoms with Gasteiger partial charge in [-0.3, -0.25) is 14.4 Å². The van der Waals surface area contributed by atoms with Crippen LogP contribution in [-0.2, 0) is 4.79 Å². The molecule has 106 valence electrons. The number of nitrogens with zero attached hydrogens (tertiary/aromatic N) is 2. The molecule has 0 spiro atoms. The lowest BCUT2D eigenvalue weighted by molar-refractivity contribution is -0.118. The van der Waals surface area contributed by atoms with Gasteiger partial charge >= 0.3 is 0 Å². The van der Waals surface area contributed by atoms with Crippen molar-refractivity contribution < 1.29 is 9.59 Å². The number of aromatic amines is 1. The van der Waals surface area contributed by atoms with E-state index in [-0.39, 0.29) is 22.9 Å². The van der Waals surface area contributed by atoms with E-state index in [4.69, 9.17) is 0 Å². The molecule has 1 saturated heterocycles. The number of aromatic nitrogens is 2. The molecule has 0 unspecified atom stereocenters. The highest BCUT2D eigenvalue weighted by molar-refractivity contribution is 5.92. The number of ketones is 1. The number of likely N-dealkylation sites (tertiary alicyclic amines) is 1. The molecule has 6 nitrogen and oxygen atoms in total. The van der Waals surface area contributed by atoms with E-state index in [1.165, 1.54) is 6.07 Å². The molecule has 2 fully saturated rings. The zero-order chi connectivity index (χ0) is 14.1. The van der Waals surface area contributed by atoms with Crippen molar-refractivity contribution in [2.24, 2.45) is 0 Å². The Morgan fingerprint density at radius 2 is 2.05 bits per heavy atom. The van der Waals surface area contributed by atoms with Crippen LogP contribution < -0.4 is 5.56 Å². The predicted octanol–water partition coefficient (Wildman–Crippen LogP) is 0.842. The van der Waals surface area contributed by atoms with Crippen LogP contribution in [0.15, 0.2) is 10.9 Å². The Hall–Kier alpha value is -1.98. The number of hydrogen-bond donors (Lipinski definition) is 1. The van der Waals surface area contributed by atoms with E-state index >= 15 is 0 Å². The summed E-state index contributed by atoms with van der Waals surface area (Å²) in [5.74, 6) is 0.860. The lowest BCUT2D eigenvalue weighted by Crippen LogP contribution is -2.33. The number of nitrogens with one attached hydrogen (secondary N) is 1. The number of Topliss-reactive ketones (excluding diaryl/α,β-unsaturated/α-hetero) is 1. The van der Waals surface area contributed by atoms with Crippen LogP contribution in [0.3, 0.4) is 0 Å². The third-order valence-electron chi connectivity index (χ3n) is 3.77. The van der Waals surface area contributed by atoms with Crippen molar-refractivity contribution in [2.75, 3.05) is 13.1 Å². The van der Waals surface area contributed by atoms with Crippen molar-refractivity contribution in [2.45, 2.75) is 38.0 Å². The molecule has 2 aliphatic rings. The van der Waals surface area contributed by atoms with Crippen molar-refractivity contribution in [3.8, 4) is 0 Å². The number of hydrogen-bond acceptors (Lipinski definition) is 4. The fourth-order valence-corrected chi connectivity index (χ4v) is 2.46. The second-order valence-corrected chi connectivity index (χ2v) is 5.47. The lowest BCUT2D eigenvalue weighted by atomic mass is 10.2. The van der Waals surface area contributed by atoms with Gasteiger partial charge in [0.15, 0.2) is 0 Å². The van der Waals surface area contributed by atoms with Crippen molar-refractivity contribution in [1.29, 1.82) is 0 Å². The highest BCUT2D eigenvalue weighted by Gasteiger charge is 2.28. The second-order valence-electron chi connectivity index (χ2n) is 5.47. The topological polar surface area (TPSA) is 83.1 Å². The maximum atomic E-state index is 12.4. The zero-order valence-electron chi connectivity index (χ0n) is 11.2. The number of amides is 1. The van der Waals surface area contributed by atoms with Gasteiger partial charge in [-0.05, 0) is 19.3 Å². The summed E-state index contributed by atoms with van der Waals surface area (Å²) in [4.78, 5) is 44.0.